The average Bonchev–Trinajstić information content (AvgIpc) is 3.32. The number of hydrogen-bond donors (Lipinski definition) is 3. The van der Waals surface area contributed by atoms with Crippen LogP contribution in [0.2, 0.25) is 0 Å². The lowest BCUT2D eigenvalue weighted by molar-refractivity contribution is -0.140. The Morgan fingerprint density at radius 1 is 1.29 bits per heavy atom. The minimum atomic E-state index is -0.684. The van der Waals surface area contributed by atoms with E-state index in [0.717, 1.165) is 21.7 Å². The van der Waals surface area contributed by atoms with Gasteiger partial charge in [0.15, 0.2) is 0 Å². The Bertz CT molecular complexity index is 887. The molecule has 1 aromatic carbocycles. The summed E-state index contributed by atoms with van der Waals surface area (Å²) in [6, 6.07) is 6.98. The Labute approximate surface area is 193 Å². The maximum Gasteiger partial charge on any atom is 0.243 e. The second-order valence-corrected chi connectivity index (χ2v) is 8.94. The topological polar surface area (TPSA) is 94.6 Å². The van der Waals surface area contributed by atoms with Crippen molar-refractivity contribution in [3.8, 4) is 10.4 Å². The SMILES string of the molecule is CN[C@H](C(=O)N1C[C@H](O)C[C@H]1C(=O)NCc1ccc(-c2scnc2C)cc1)C(C)C.Cl. The third-order valence-corrected chi connectivity index (χ3v) is 6.51. The molecule has 1 aliphatic rings. The predicted molar refractivity (Wildman–Crippen MR) is 125 cm³/mol. The molecule has 9 heteroatoms. The number of likely N-dealkylation sites (N-methyl/N-ethyl adjacent to an activating group) is 1. The first-order valence-electron chi connectivity index (χ1n) is 10.2. The third kappa shape index (κ3) is 5.83. The van der Waals surface area contributed by atoms with Gasteiger partial charge >= 0.3 is 0 Å². The lowest BCUT2D eigenvalue weighted by atomic mass is 10.0. The molecule has 170 valence electrons. The second kappa shape index (κ2) is 11.0. The number of aliphatic hydroxyl groups excluding tert-OH is 1. The van der Waals surface area contributed by atoms with E-state index in [9.17, 15) is 14.7 Å². The normalized spacial score (nSPS) is 19.2. The number of aryl methyl sites for hydroxylation is 1. The molecule has 3 rings (SSSR count). The number of carbonyl (C=O) groups excluding carboxylic acids is 2. The summed E-state index contributed by atoms with van der Waals surface area (Å²) in [6.45, 7) is 6.46. The Morgan fingerprint density at radius 3 is 2.52 bits per heavy atom. The van der Waals surface area contributed by atoms with Gasteiger partial charge in [0, 0.05) is 19.5 Å². The summed E-state index contributed by atoms with van der Waals surface area (Å²) in [6.07, 6.45) is -0.424. The second-order valence-electron chi connectivity index (χ2n) is 8.09. The molecule has 1 aromatic heterocycles. The van der Waals surface area contributed by atoms with Gasteiger partial charge in [-0.2, -0.15) is 0 Å². The summed E-state index contributed by atoms with van der Waals surface area (Å²) in [7, 11) is 1.74. The number of aliphatic hydroxyl groups is 1. The van der Waals surface area contributed by atoms with Gasteiger partial charge in [-0.25, -0.2) is 4.98 Å². The Balaban J connectivity index is 0.00000341. The molecular weight excluding hydrogens is 436 g/mol. The van der Waals surface area contributed by atoms with Gasteiger partial charge in [0.25, 0.3) is 0 Å². The van der Waals surface area contributed by atoms with E-state index in [2.05, 4.69) is 15.6 Å². The van der Waals surface area contributed by atoms with Crippen molar-refractivity contribution >= 4 is 35.6 Å². The van der Waals surface area contributed by atoms with Gasteiger partial charge in [0.05, 0.1) is 28.2 Å². The molecule has 3 atom stereocenters. The average molecular weight is 467 g/mol. The summed E-state index contributed by atoms with van der Waals surface area (Å²) in [5, 5.41) is 16.0. The van der Waals surface area contributed by atoms with Gasteiger partial charge in [-0.05, 0) is 31.0 Å². The number of benzene rings is 1. The van der Waals surface area contributed by atoms with E-state index in [4.69, 9.17) is 0 Å². The highest BCUT2D eigenvalue weighted by molar-refractivity contribution is 7.13. The number of nitrogens with one attached hydrogen (secondary N) is 2. The summed E-state index contributed by atoms with van der Waals surface area (Å²) >= 11 is 1.61. The molecule has 7 nitrogen and oxygen atoms in total. The molecule has 0 radical (unpaired) electrons. The van der Waals surface area contributed by atoms with Crippen molar-refractivity contribution in [1.29, 1.82) is 0 Å². The molecule has 1 saturated heterocycles. The van der Waals surface area contributed by atoms with Crippen LogP contribution in [0.25, 0.3) is 10.4 Å². The number of likely N-dealkylation sites (tertiary alicyclic amines) is 1. The molecule has 3 N–H and O–H groups in total. The van der Waals surface area contributed by atoms with Crippen LogP contribution in [0.3, 0.4) is 0 Å². The maximum absolute atomic E-state index is 12.9. The number of amides is 2. The zero-order valence-electron chi connectivity index (χ0n) is 18.3. The molecule has 1 fully saturated rings. The molecule has 0 saturated carbocycles. The zero-order valence-corrected chi connectivity index (χ0v) is 19.9. The smallest absolute Gasteiger partial charge is 0.243 e. The van der Waals surface area contributed by atoms with Gasteiger partial charge in [-0.1, -0.05) is 38.1 Å². The highest BCUT2D eigenvalue weighted by Gasteiger charge is 2.41. The Morgan fingerprint density at radius 2 is 1.97 bits per heavy atom. The molecule has 0 aliphatic carbocycles. The number of aromatic nitrogens is 1. The van der Waals surface area contributed by atoms with Crippen LogP contribution in [0.1, 0.15) is 31.5 Å². The molecule has 0 unspecified atom stereocenters. The summed E-state index contributed by atoms with van der Waals surface area (Å²) in [5.41, 5.74) is 4.92. The van der Waals surface area contributed by atoms with Crippen LogP contribution in [-0.2, 0) is 16.1 Å². The van der Waals surface area contributed by atoms with Crippen LogP contribution in [-0.4, -0.2) is 58.6 Å². The van der Waals surface area contributed by atoms with Gasteiger partial charge in [-0.3, -0.25) is 9.59 Å². The van der Waals surface area contributed by atoms with Crippen LogP contribution >= 0.6 is 23.7 Å². The molecule has 0 bridgehead atoms. The van der Waals surface area contributed by atoms with E-state index in [-0.39, 0.29) is 49.1 Å². The van der Waals surface area contributed by atoms with E-state index in [1.807, 2.05) is 50.5 Å². The maximum atomic E-state index is 12.9. The van der Waals surface area contributed by atoms with Crippen molar-refractivity contribution in [1.82, 2.24) is 20.5 Å². The first-order valence-corrected chi connectivity index (χ1v) is 11.1. The molecule has 2 amide bonds. The molecule has 0 spiro atoms. The van der Waals surface area contributed by atoms with Crippen molar-refractivity contribution in [2.24, 2.45) is 5.92 Å². The van der Waals surface area contributed by atoms with Crippen molar-refractivity contribution in [3.63, 3.8) is 0 Å². The largest absolute Gasteiger partial charge is 0.391 e. The fourth-order valence-electron chi connectivity index (χ4n) is 3.89. The van der Waals surface area contributed by atoms with Crippen LogP contribution < -0.4 is 10.6 Å². The number of rotatable bonds is 7. The summed E-state index contributed by atoms with van der Waals surface area (Å²) in [4.78, 5) is 32.6. The number of carbonyl (C=O) groups is 2. The molecule has 2 aromatic rings. The monoisotopic (exact) mass is 466 g/mol. The van der Waals surface area contributed by atoms with Crippen molar-refractivity contribution in [2.75, 3.05) is 13.6 Å². The lowest BCUT2D eigenvalue weighted by Gasteiger charge is -2.29. The van der Waals surface area contributed by atoms with E-state index in [1.54, 1.807) is 18.4 Å². The van der Waals surface area contributed by atoms with Crippen LogP contribution in [0.15, 0.2) is 29.8 Å². The Hall–Kier alpha value is -2.00. The summed E-state index contributed by atoms with van der Waals surface area (Å²) < 4.78 is 0. The minimum Gasteiger partial charge on any atom is -0.391 e. The fourth-order valence-corrected chi connectivity index (χ4v) is 4.70. The van der Waals surface area contributed by atoms with Crippen LogP contribution in [0.5, 0.6) is 0 Å². The minimum absolute atomic E-state index is 0. The van der Waals surface area contributed by atoms with E-state index in [0.29, 0.717) is 6.54 Å². The predicted octanol–water partition coefficient (Wildman–Crippen LogP) is 2.36. The number of thiazole rings is 1. The zero-order chi connectivity index (χ0) is 21.8. The number of β-amino-alcohol motifs (C(OH)–C–C–N with tert-alkyl or cyclic N) is 1. The van der Waals surface area contributed by atoms with Crippen LogP contribution in [0, 0.1) is 12.8 Å². The Kier molecular flexibility index (Phi) is 9.00. The first kappa shape index (κ1) is 25.3. The van der Waals surface area contributed by atoms with Gasteiger partial charge < -0.3 is 20.6 Å². The van der Waals surface area contributed by atoms with E-state index >= 15 is 0 Å². The molecule has 1 aliphatic heterocycles. The highest BCUT2D eigenvalue weighted by Crippen LogP contribution is 2.27. The van der Waals surface area contributed by atoms with Gasteiger partial charge in [0.1, 0.15) is 6.04 Å². The van der Waals surface area contributed by atoms with E-state index < -0.39 is 12.1 Å². The van der Waals surface area contributed by atoms with E-state index in [1.165, 1.54) is 4.90 Å². The van der Waals surface area contributed by atoms with Gasteiger partial charge in [-0.15, -0.1) is 23.7 Å². The van der Waals surface area contributed by atoms with Crippen molar-refractivity contribution in [2.45, 2.75) is 51.9 Å². The third-order valence-electron chi connectivity index (χ3n) is 5.54. The lowest BCUT2D eigenvalue weighted by Crippen LogP contribution is -2.53. The number of hydrogen-bond acceptors (Lipinski definition) is 6. The molecule has 31 heavy (non-hydrogen) atoms. The highest BCUT2D eigenvalue weighted by atomic mass is 35.5. The first-order chi connectivity index (χ1) is 14.3. The van der Waals surface area contributed by atoms with Crippen LogP contribution in [0.4, 0.5) is 0 Å². The standard InChI is InChI=1S/C22H30N4O3S.ClH/c1-13(2)19(23-4)22(29)26-11-17(27)9-18(26)21(28)24-10-15-5-7-16(8-6-15)20-14(3)25-12-30-20;/h5-8,12-13,17-19,23,27H,9-11H2,1-4H3,(H,24,28);1H/t17-,18+,19+;/m1./s1. The molecular formula is C22H31ClN4O3S. The van der Waals surface area contributed by atoms with Gasteiger partial charge in [0.2, 0.25) is 11.8 Å². The number of nitrogens with zero attached hydrogens (tertiary/aromatic N) is 2. The van der Waals surface area contributed by atoms with Crippen molar-refractivity contribution < 1.29 is 14.7 Å². The fraction of sp³-hybridized carbons (Fsp3) is 0.500. The summed E-state index contributed by atoms with van der Waals surface area (Å²) in [5.74, 6) is -0.293. The number of halogens is 1. The quantitative estimate of drug-likeness (QED) is 0.582. The molecule has 2 heterocycles. The van der Waals surface area contributed by atoms with Crippen molar-refractivity contribution in [3.05, 3.63) is 41.0 Å².